The minimum atomic E-state index is -3.67. The third kappa shape index (κ3) is 4.70. The van der Waals surface area contributed by atoms with Gasteiger partial charge in [-0.3, -0.25) is 4.79 Å². The molecule has 7 heteroatoms. The van der Waals surface area contributed by atoms with Crippen molar-refractivity contribution in [2.75, 3.05) is 13.1 Å². The Labute approximate surface area is 163 Å². The Morgan fingerprint density at radius 1 is 1.00 bits per heavy atom. The fourth-order valence-electron chi connectivity index (χ4n) is 4.03. The molecule has 6 nitrogen and oxygen atoms in total. The summed E-state index contributed by atoms with van der Waals surface area (Å²) in [6.45, 7) is 10.2. The molecular formula is C20H33N3O3S. The van der Waals surface area contributed by atoms with Crippen LogP contribution in [0.15, 0.2) is 4.90 Å². The lowest BCUT2D eigenvalue weighted by atomic mass is 9.95. The molecule has 1 aliphatic carbocycles. The van der Waals surface area contributed by atoms with Gasteiger partial charge in [-0.2, -0.15) is 0 Å². The molecule has 0 heterocycles. The van der Waals surface area contributed by atoms with Crippen molar-refractivity contribution in [3.63, 3.8) is 0 Å². The van der Waals surface area contributed by atoms with E-state index >= 15 is 0 Å². The predicted octanol–water partition coefficient (Wildman–Crippen LogP) is 2.14. The Hall–Kier alpha value is -1.44. The van der Waals surface area contributed by atoms with Crippen LogP contribution in [-0.4, -0.2) is 33.5 Å². The number of carbonyl (C=O) groups excluding carboxylic acids is 1. The molecule has 1 fully saturated rings. The van der Waals surface area contributed by atoms with E-state index in [9.17, 15) is 13.2 Å². The summed E-state index contributed by atoms with van der Waals surface area (Å²) in [5.41, 5.74) is 10.4. The number of rotatable bonds is 7. The zero-order chi connectivity index (χ0) is 20.4. The lowest BCUT2D eigenvalue weighted by molar-refractivity contribution is -0.121. The number of nitrogens with one attached hydrogen (secondary N) is 2. The third-order valence-electron chi connectivity index (χ3n) is 6.15. The molecule has 1 aliphatic rings. The van der Waals surface area contributed by atoms with Crippen LogP contribution in [0.2, 0.25) is 0 Å². The molecule has 1 saturated carbocycles. The van der Waals surface area contributed by atoms with Crippen LogP contribution in [0.1, 0.15) is 53.5 Å². The van der Waals surface area contributed by atoms with Crippen molar-refractivity contribution in [3.05, 3.63) is 27.8 Å². The topological polar surface area (TPSA) is 101 Å². The van der Waals surface area contributed by atoms with Gasteiger partial charge in [-0.15, -0.1) is 0 Å². The van der Waals surface area contributed by atoms with Gasteiger partial charge < -0.3 is 11.1 Å². The quantitative estimate of drug-likeness (QED) is 0.658. The zero-order valence-electron chi connectivity index (χ0n) is 17.1. The Balaban J connectivity index is 2.03. The van der Waals surface area contributed by atoms with Crippen molar-refractivity contribution in [2.24, 2.45) is 11.7 Å². The van der Waals surface area contributed by atoms with Crippen LogP contribution in [0.3, 0.4) is 0 Å². The highest BCUT2D eigenvalue weighted by Gasteiger charge is 2.27. The standard InChI is InChI=1S/C20H33N3O3S/c1-12-13(2)15(4)20(16(5)14(12)3)27(25,26)22-10-9-19(24)23-18-8-6-7-17(18)11-21/h17-18,22H,6-11,21H2,1-5H3,(H,23,24). The van der Waals surface area contributed by atoms with E-state index in [-0.39, 0.29) is 24.9 Å². The molecule has 4 N–H and O–H groups in total. The second-order valence-corrected chi connectivity index (χ2v) is 9.41. The first kappa shape index (κ1) is 21.9. The van der Waals surface area contributed by atoms with Gasteiger partial charge in [0.1, 0.15) is 0 Å². The Morgan fingerprint density at radius 3 is 2.11 bits per heavy atom. The molecule has 0 aromatic heterocycles. The van der Waals surface area contributed by atoms with E-state index in [4.69, 9.17) is 5.73 Å². The number of nitrogens with two attached hydrogens (primary N) is 1. The number of amides is 1. The molecule has 1 aromatic carbocycles. The van der Waals surface area contributed by atoms with Crippen molar-refractivity contribution in [1.82, 2.24) is 10.0 Å². The van der Waals surface area contributed by atoms with Crippen LogP contribution in [0.5, 0.6) is 0 Å². The molecule has 1 aromatic rings. The number of hydrogen-bond acceptors (Lipinski definition) is 4. The number of sulfonamides is 1. The van der Waals surface area contributed by atoms with E-state index in [1.807, 2.05) is 34.6 Å². The van der Waals surface area contributed by atoms with E-state index in [1.54, 1.807) is 0 Å². The van der Waals surface area contributed by atoms with Gasteiger partial charge >= 0.3 is 0 Å². The van der Waals surface area contributed by atoms with E-state index in [2.05, 4.69) is 10.0 Å². The van der Waals surface area contributed by atoms with Gasteiger partial charge in [-0.1, -0.05) is 6.42 Å². The van der Waals surface area contributed by atoms with Gasteiger partial charge in [0.25, 0.3) is 0 Å². The highest BCUT2D eigenvalue weighted by atomic mass is 32.2. The van der Waals surface area contributed by atoms with Gasteiger partial charge in [-0.25, -0.2) is 13.1 Å². The molecule has 2 rings (SSSR count). The average molecular weight is 396 g/mol. The molecule has 152 valence electrons. The summed E-state index contributed by atoms with van der Waals surface area (Å²) in [4.78, 5) is 12.5. The normalized spacial score (nSPS) is 20.1. The fraction of sp³-hybridized carbons (Fsp3) is 0.650. The first-order valence-corrected chi connectivity index (χ1v) is 11.1. The number of benzene rings is 1. The average Bonchev–Trinajstić information content (AvgIpc) is 3.05. The van der Waals surface area contributed by atoms with E-state index in [0.29, 0.717) is 17.4 Å². The maximum atomic E-state index is 12.9. The Bertz CT molecular complexity index is 789. The van der Waals surface area contributed by atoms with Crippen molar-refractivity contribution >= 4 is 15.9 Å². The second kappa shape index (κ2) is 8.71. The van der Waals surface area contributed by atoms with E-state index < -0.39 is 10.0 Å². The zero-order valence-corrected chi connectivity index (χ0v) is 17.9. The molecule has 0 bridgehead atoms. The summed E-state index contributed by atoms with van der Waals surface area (Å²) < 4.78 is 28.3. The highest BCUT2D eigenvalue weighted by Crippen LogP contribution is 2.29. The molecule has 27 heavy (non-hydrogen) atoms. The van der Waals surface area contributed by atoms with E-state index in [0.717, 1.165) is 47.1 Å². The highest BCUT2D eigenvalue weighted by molar-refractivity contribution is 7.89. The minimum absolute atomic E-state index is 0.0824. The number of carbonyl (C=O) groups is 1. The van der Waals surface area contributed by atoms with Crippen molar-refractivity contribution in [1.29, 1.82) is 0 Å². The van der Waals surface area contributed by atoms with Crippen LogP contribution in [-0.2, 0) is 14.8 Å². The fourth-order valence-corrected chi connectivity index (χ4v) is 5.66. The summed E-state index contributed by atoms with van der Waals surface area (Å²) in [6, 6.07) is 0.117. The SMILES string of the molecule is Cc1c(C)c(C)c(S(=O)(=O)NCCC(=O)NC2CCCC2CN)c(C)c1C. The monoisotopic (exact) mass is 395 g/mol. The largest absolute Gasteiger partial charge is 0.353 e. The summed E-state index contributed by atoms with van der Waals surface area (Å²) in [5, 5.41) is 3.00. The Morgan fingerprint density at radius 2 is 1.56 bits per heavy atom. The van der Waals surface area contributed by atoms with Gasteiger partial charge in [-0.05, 0) is 87.7 Å². The summed E-state index contributed by atoms with van der Waals surface area (Å²) in [5.74, 6) is 0.196. The first-order chi connectivity index (χ1) is 12.6. The summed E-state index contributed by atoms with van der Waals surface area (Å²) in [6.07, 6.45) is 3.18. The van der Waals surface area contributed by atoms with Crippen LogP contribution in [0.25, 0.3) is 0 Å². The maximum absolute atomic E-state index is 12.9. The first-order valence-electron chi connectivity index (χ1n) is 9.66. The smallest absolute Gasteiger partial charge is 0.241 e. The lowest BCUT2D eigenvalue weighted by Crippen LogP contribution is -2.41. The molecule has 0 saturated heterocycles. The molecule has 0 spiro atoms. The predicted molar refractivity (Wildman–Crippen MR) is 108 cm³/mol. The molecule has 0 radical (unpaired) electrons. The van der Waals surface area contributed by atoms with Crippen molar-refractivity contribution in [3.8, 4) is 0 Å². The van der Waals surface area contributed by atoms with E-state index in [1.165, 1.54) is 0 Å². The number of hydrogen-bond donors (Lipinski definition) is 3. The third-order valence-corrected chi connectivity index (χ3v) is 7.89. The molecule has 2 atom stereocenters. The maximum Gasteiger partial charge on any atom is 0.241 e. The van der Waals surface area contributed by atoms with Crippen LogP contribution in [0, 0.1) is 40.5 Å². The summed E-state index contributed by atoms with van der Waals surface area (Å²) in [7, 11) is -3.67. The second-order valence-electron chi connectivity index (χ2n) is 7.70. The van der Waals surface area contributed by atoms with Crippen LogP contribution >= 0.6 is 0 Å². The summed E-state index contributed by atoms with van der Waals surface area (Å²) >= 11 is 0. The minimum Gasteiger partial charge on any atom is -0.353 e. The van der Waals surface area contributed by atoms with Gasteiger partial charge in [0, 0.05) is 19.0 Å². The van der Waals surface area contributed by atoms with Crippen LogP contribution in [0.4, 0.5) is 0 Å². The molecular weight excluding hydrogens is 362 g/mol. The van der Waals surface area contributed by atoms with Gasteiger partial charge in [0.15, 0.2) is 0 Å². The van der Waals surface area contributed by atoms with Crippen LogP contribution < -0.4 is 15.8 Å². The van der Waals surface area contributed by atoms with Crippen molar-refractivity contribution in [2.45, 2.75) is 71.2 Å². The van der Waals surface area contributed by atoms with Gasteiger partial charge in [0.05, 0.1) is 4.90 Å². The molecule has 0 aliphatic heterocycles. The molecule has 2 unspecified atom stereocenters. The lowest BCUT2D eigenvalue weighted by Gasteiger charge is -2.20. The van der Waals surface area contributed by atoms with Crippen molar-refractivity contribution < 1.29 is 13.2 Å². The Kier molecular flexibility index (Phi) is 7.05. The van der Waals surface area contributed by atoms with Gasteiger partial charge in [0.2, 0.25) is 15.9 Å². The molecule has 1 amide bonds.